The largest absolute Gasteiger partial charge is 0.337 e. The molecule has 96 valence electrons. The summed E-state index contributed by atoms with van der Waals surface area (Å²) in [6.07, 6.45) is 6.79. The Labute approximate surface area is 105 Å². The van der Waals surface area contributed by atoms with Crippen LogP contribution in [0.15, 0.2) is 12.5 Å². The number of likely N-dealkylation sites (tertiary alicyclic amines) is 1. The average molecular weight is 235 g/mol. The highest BCUT2D eigenvalue weighted by molar-refractivity contribution is 4.93. The summed E-state index contributed by atoms with van der Waals surface area (Å²) < 4.78 is 2.24. The monoisotopic (exact) mass is 235 g/mol. The maximum absolute atomic E-state index is 4.30. The molecule has 0 aromatic carbocycles. The van der Waals surface area contributed by atoms with Crippen molar-refractivity contribution in [3.63, 3.8) is 0 Å². The molecule has 0 unspecified atom stereocenters. The molecule has 1 aliphatic heterocycles. The van der Waals surface area contributed by atoms with Crippen LogP contribution >= 0.6 is 0 Å². The Kier molecular flexibility index (Phi) is 3.57. The first-order valence-corrected chi connectivity index (χ1v) is 6.68. The van der Waals surface area contributed by atoms with E-state index in [1.165, 1.54) is 25.9 Å². The van der Waals surface area contributed by atoms with Gasteiger partial charge in [0.1, 0.15) is 0 Å². The third kappa shape index (κ3) is 3.32. The number of rotatable bonds is 2. The second-order valence-corrected chi connectivity index (χ2v) is 6.34. The second-order valence-electron chi connectivity index (χ2n) is 6.34. The van der Waals surface area contributed by atoms with Crippen molar-refractivity contribution >= 4 is 0 Å². The van der Waals surface area contributed by atoms with Gasteiger partial charge in [-0.05, 0) is 53.0 Å². The Hall–Kier alpha value is -0.830. The van der Waals surface area contributed by atoms with Crippen molar-refractivity contribution in [2.45, 2.75) is 52.6 Å². The Morgan fingerprint density at radius 2 is 2.18 bits per heavy atom. The highest BCUT2D eigenvalue weighted by Gasteiger charge is 2.27. The zero-order valence-electron chi connectivity index (χ0n) is 11.6. The molecular formula is C14H25N3. The SMILES string of the molecule is Cc1cn(C[C@H]2CCCN(C(C)(C)C)C2)cn1. The van der Waals surface area contributed by atoms with E-state index in [4.69, 9.17) is 0 Å². The fourth-order valence-electron chi connectivity index (χ4n) is 2.69. The summed E-state index contributed by atoms with van der Waals surface area (Å²) in [7, 11) is 0. The molecule has 1 aliphatic rings. The van der Waals surface area contributed by atoms with Crippen LogP contribution in [0.2, 0.25) is 0 Å². The van der Waals surface area contributed by atoms with E-state index in [0.29, 0.717) is 5.54 Å². The summed E-state index contributed by atoms with van der Waals surface area (Å²) in [5, 5.41) is 0. The number of hydrogen-bond donors (Lipinski definition) is 0. The van der Waals surface area contributed by atoms with Crippen LogP contribution in [-0.2, 0) is 6.54 Å². The third-order valence-electron chi connectivity index (χ3n) is 3.70. The molecule has 3 heteroatoms. The first-order chi connectivity index (χ1) is 7.95. The first-order valence-electron chi connectivity index (χ1n) is 6.68. The molecule has 2 rings (SSSR count). The van der Waals surface area contributed by atoms with Crippen LogP contribution in [0.25, 0.3) is 0 Å². The van der Waals surface area contributed by atoms with E-state index in [-0.39, 0.29) is 0 Å². The van der Waals surface area contributed by atoms with Crippen LogP contribution in [0.3, 0.4) is 0 Å². The van der Waals surface area contributed by atoms with Gasteiger partial charge in [0.05, 0.1) is 12.0 Å². The van der Waals surface area contributed by atoms with Crippen LogP contribution < -0.4 is 0 Å². The van der Waals surface area contributed by atoms with Crippen molar-refractivity contribution in [1.82, 2.24) is 14.5 Å². The maximum Gasteiger partial charge on any atom is 0.0949 e. The van der Waals surface area contributed by atoms with Gasteiger partial charge in [-0.15, -0.1) is 0 Å². The lowest BCUT2D eigenvalue weighted by Gasteiger charge is -2.41. The number of imidazole rings is 1. The molecule has 1 aromatic rings. The number of aryl methyl sites for hydroxylation is 1. The van der Waals surface area contributed by atoms with E-state index in [0.717, 1.165) is 18.2 Å². The molecule has 0 spiro atoms. The minimum Gasteiger partial charge on any atom is -0.337 e. The van der Waals surface area contributed by atoms with Crippen LogP contribution in [0.4, 0.5) is 0 Å². The number of nitrogens with zero attached hydrogens (tertiary/aromatic N) is 3. The van der Waals surface area contributed by atoms with Gasteiger partial charge < -0.3 is 4.57 Å². The Balaban J connectivity index is 1.94. The molecule has 0 radical (unpaired) electrons. The minimum absolute atomic E-state index is 0.309. The predicted molar refractivity (Wildman–Crippen MR) is 71.0 cm³/mol. The van der Waals surface area contributed by atoms with Crippen molar-refractivity contribution in [2.24, 2.45) is 5.92 Å². The lowest BCUT2D eigenvalue weighted by molar-refractivity contribution is 0.0734. The lowest BCUT2D eigenvalue weighted by Crippen LogP contribution is -2.47. The first kappa shape index (κ1) is 12.6. The van der Waals surface area contributed by atoms with Crippen LogP contribution in [-0.4, -0.2) is 33.1 Å². The van der Waals surface area contributed by atoms with E-state index in [1.54, 1.807) is 0 Å². The molecule has 0 saturated carbocycles. The van der Waals surface area contributed by atoms with E-state index >= 15 is 0 Å². The van der Waals surface area contributed by atoms with Gasteiger partial charge in [-0.3, -0.25) is 4.90 Å². The standard InChI is InChI=1S/C14H25N3/c1-12-8-16(11-15-12)9-13-6-5-7-17(10-13)14(2,3)4/h8,11,13H,5-7,9-10H2,1-4H3/t13-/m1/s1. The predicted octanol–water partition coefficient (Wildman–Crippen LogP) is 2.70. The number of aromatic nitrogens is 2. The fourth-order valence-corrected chi connectivity index (χ4v) is 2.69. The molecule has 0 bridgehead atoms. The minimum atomic E-state index is 0.309. The van der Waals surface area contributed by atoms with Crippen molar-refractivity contribution in [3.05, 3.63) is 18.2 Å². The smallest absolute Gasteiger partial charge is 0.0949 e. The molecule has 0 N–H and O–H groups in total. The molecular weight excluding hydrogens is 210 g/mol. The van der Waals surface area contributed by atoms with Crippen molar-refractivity contribution < 1.29 is 0 Å². The molecule has 1 fully saturated rings. The maximum atomic E-state index is 4.30. The zero-order chi connectivity index (χ0) is 12.5. The van der Waals surface area contributed by atoms with Crippen molar-refractivity contribution in [1.29, 1.82) is 0 Å². The van der Waals surface area contributed by atoms with Gasteiger partial charge in [0.25, 0.3) is 0 Å². The summed E-state index contributed by atoms with van der Waals surface area (Å²) in [6.45, 7) is 12.6. The Morgan fingerprint density at radius 1 is 1.41 bits per heavy atom. The number of piperidine rings is 1. The van der Waals surface area contributed by atoms with E-state index in [2.05, 4.69) is 48.3 Å². The summed E-state index contributed by atoms with van der Waals surface area (Å²) >= 11 is 0. The van der Waals surface area contributed by atoms with Gasteiger partial charge in [0.15, 0.2) is 0 Å². The molecule has 3 nitrogen and oxygen atoms in total. The average Bonchev–Trinajstić information content (AvgIpc) is 2.63. The Bertz CT molecular complexity index is 362. The van der Waals surface area contributed by atoms with Gasteiger partial charge in [-0.1, -0.05) is 0 Å². The Morgan fingerprint density at radius 3 is 2.76 bits per heavy atom. The molecule has 0 aliphatic carbocycles. The topological polar surface area (TPSA) is 21.1 Å². The fraction of sp³-hybridized carbons (Fsp3) is 0.786. The molecule has 1 atom stereocenters. The van der Waals surface area contributed by atoms with Crippen molar-refractivity contribution in [3.8, 4) is 0 Å². The highest BCUT2D eigenvalue weighted by Crippen LogP contribution is 2.24. The third-order valence-corrected chi connectivity index (χ3v) is 3.70. The lowest BCUT2D eigenvalue weighted by atomic mass is 9.93. The summed E-state index contributed by atoms with van der Waals surface area (Å²) in [5.74, 6) is 0.775. The van der Waals surface area contributed by atoms with Gasteiger partial charge >= 0.3 is 0 Å². The van der Waals surface area contributed by atoms with Gasteiger partial charge in [-0.2, -0.15) is 0 Å². The van der Waals surface area contributed by atoms with Gasteiger partial charge in [0.2, 0.25) is 0 Å². The van der Waals surface area contributed by atoms with E-state index in [1.807, 2.05) is 6.33 Å². The van der Waals surface area contributed by atoms with Crippen LogP contribution in [0.5, 0.6) is 0 Å². The molecule has 17 heavy (non-hydrogen) atoms. The summed E-state index contributed by atoms with van der Waals surface area (Å²) in [6, 6.07) is 0. The zero-order valence-corrected chi connectivity index (χ0v) is 11.6. The summed E-state index contributed by atoms with van der Waals surface area (Å²) in [4.78, 5) is 6.92. The van der Waals surface area contributed by atoms with E-state index < -0.39 is 0 Å². The molecule has 1 aromatic heterocycles. The quantitative estimate of drug-likeness (QED) is 0.786. The molecule has 2 heterocycles. The van der Waals surface area contributed by atoms with Gasteiger partial charge in [0, 0.05) is 24.8 Å². The summed E-state index contributed by atoms with van der Waals surface area (Å²) in [5.41, 5.74) is 1.43. The second kappa shape index (κ2) is 4.81. The van der Waals surface area contributed by atoms with Crippen molar-refractivity contribution in [2.75, 3.05) is 13.1 Å². The molecule has 0 amide bonds. The van der Waals surface area contributed by atoms with Gasteiger partial charge in [-0.25, -0.2) is 4.98 Å². The van der Waals surface area contributed by atoms with Crippen LogP contribution in [0, 0.1) is 12.8 Å². The van der Waals surface area contributed by atoms with E-state index in [9.17, 15) is 0 Å². The highest BCUT2D eigenvalue weighted by atomic mass is 15.2. The molecule has 1 saturated heterocycles. The normalized spacial score (nSPS) is 22.9. The van der Waals surface area contributed by atoms with Crippen LogP contribution in [0.1, 0.15) is 39.3 Å². The number of hydrogen-bond acceptors (Lipinski definition) is 2.